The summed E-state index contributed by atoms with van der Waals surface area (Å²) in [7, 11) is 0. The third kappa shape index (κ3) is 28.4. The predicted octanol–water partition coefficient (Wildman–Crippen LogP) is 15.9. The molecule has 1 aromatic carbocycles. The van der Waals surface area contributed by atoms with Crippen LogP contribution in [0.25, 0.3) is 0 Å². The van der Waals surface area contributed by atoms with Crippen molar-refractivity contribution in [1.82, 2.24) is 0 Å². The number of hydrogen-bond acceptors (Lipinski definition) is 2. The van der Waals surface area contributed by atoms with Crippen LogP contribution in [-0.2, 0) is 6.42 Å². The fourth-order valence-electron chi connectivity index (χ4n) is 6.98. The van der Waals surface area contributed by atoms with Crippen molar-refractivity contribution in [2.24, 2.45) is 0 Å². The second-order valence-corrected chi connectivity index (χ2v) is 14.8. The van der Waals surface area contributed by atoms with Gasteiger partial charge in [-0.3, -0.25) is 0 Å². The van der Waals surface area contributed by atoms with Crippen LogP contribution in [0.4, 0.5) is 0 Å². The molecule has 0 radical (unpaired) electrons. The van der Waals surface area contributed by atoms with Gasteiger partial charge in [-0.1, -0.05) is 226 Å². The number of unbranched alkanes of at least 4 members (excludes halogenated alkanes) is 30. The van der Waals surface area contributed by atoms with Gasteiger partial charge in [-0.05, 0) is 31.4 Å². The summed E-state index contributed by atoms with van der Waals surface area (Å²) in [5.74, 6) is 2.11. The van der Waals surface area contributed by atoms with E-state index in [-0.39, 0.29) is 0 Å². The molecule has 2 nitrogen and oxygen atoms in total. The van der Waals surface area contributed by atoms with E-state index in [1.165, 1.54) is 198 Å². The third-order valence-electron chi connectivity index (χ3n) is 10.1. The van der Waals surface area contributed by atoms with E-state index < -0.39 is 0 Å². The predicted molar refractivity (Wildman–Crippen MR) is 211 cm³/mol. The van der Waals surface area contributed by atoms with Crippen LogP contribution < -0.4 is 9.47 Å². The minimum atomic E-state index is 0.831. The first-order chi connectivity index (χ1) is 23.3. The van der Waals surface area contributed by atoms with Crippen LogP contribution in [0.2, 0.25) is 0 Å². The summed E-state index contributed by atoms with van der Waals surface area (Å²) < 4.78 is 12.6. The molecule has 0 saturated carbocycles. The number of benzene rings is 1. The van der Waals surface area contributed by atoms with E-state index >= 15 is 0 Å². The molecule has 0 aliphatic rings. The van der Waals surface area contributed by atoms with Crippen molar-refractivity contribution in [1.29, 1.82) is 0 Å². The Hall–Kier alpha value is -1.18. The lowest BCUT2D eigenvalue weighted by atomic mass is 10.0. The fourth-order valence-corrected chi connectivity index (χ4v) is 6.98. The summed E-state index contributed by atoms with van der Waals surface area (Å²) in [6, 6.07) is 6.42. The zero-order valence-electron chi connectivity index (χ0n) is 32.5. The molecule has 1 rings (SSSR count). The summed E-state index contributed by atoms with van der Waals surface area (Å²) in [6.07, 6.45) is 47.1. The number of hydrogen-bond donors (Lipinski definition) is 0. The van der Waals surface area contributed by atoms with Crippen molar-refractivity contribution in [2.45, 2.75) is 239 Å². The molecule has 0 unspecified atom stereocenters. The van der Waals surface area contributed by atoms with Gasteiger partial charge in [-0.2, -0.15) is 0 Å². The summed E-state index contributed by atoms with van der Waals surface area (Å²) >= 11 is 0. The van der Waals surface area contributed by atoms with Crippen LogP contribution >= 0.6 is 0 Å². The van der Waals surface area contributed by atoms with Crippen LogP contribution in [0, 0.1) is 0 Å². The quantitative estimate of drug-likeness (QED) is 0.0659. The van der Waals surface area contributed by atoms with Gasteiger partial charge < -0.3 is 9.47 Å². The van der Waals surface area contributed by atoms with Crippen molar-refractivity contribution in [3.8, 4) is 11.5 Å². The minimum Gasteiger partial charge on any atom is -0.493 e. The molecule has 0 heterocycles. The smallest absolute Gasteiger partial charge is 0.126 e. The lowest BCUT2D eigenvalue weighted by molar-refractivity contribution is 0.284. The molecule has 276 valence electrons. The first-order valence-electron chi connectivity index (χ1n) is 21.7. The Labute approximate surface area is 296 Å². The molecule has 2 heteroatoms. The SMILES string of the molecule is CCCCCCCCCCCCCCCCCCOc1cccc(OCCCCCCCCCCCCCCCCCC)c1CCC. The normalized spacial score (nSPS) is 11.4. The lowest BCUT2D eigenvalue weighted by Crippen LogP contribution is -2.04. The minimum absolute atomic E-state index is 0.831. The van der Waals surface area contributed by atoms with Crippen molar-refractivity contribution in [3.63, 3.8) is 0 Å². The Kier molecular flexibility index (Phi) is 33.7. The zero-order chi connectivity index (χ0) is 33.7. The van der Waals surface area contributed by atoms with E-state index in [0.29, 0.717) is 0 Å². The van der Waals surface area contributed by atoms with Gasteiger partial charge in [-0.25, -0.2) is 0 Å². The average Bonchev–Trinajstić information content (AvgIpc) is 3.08. The highest BCUT2D eigenvalue weighted by Crippen LogP contribution is 2.30. The van der Waals surface area contributed by atoms with E-state index in [1.54, 1.807) is 0 Å². The third-order valence-corrected chi connectivity index (χ3v) is 10.1. The van der Waals surface area contributed by atoms with Crippen LogP contribution in [-0.4, -0.2) is 13.2 Å². The highest BCUT2D eigenvalue weighted by molar-refractivity contribution is 5.45. The second kappa shape index (κ2) is 36.1. The maximum Gasteiger partial charge on any atom is 0.126 e. The number of ether oxygens (including phenoxy) is 2. The van der Waals surface area contributed by atoms with Gasteiger partial charge in [0.25, 0.3) is 0 Å². The van der Waals surface area contributed by atoms with Gasteiger partial charge in [-0.15, -0.1) is 0 Å². The lowest BCUT2D eigenvalue weighted by Gasteiger charge is -2.16. The summed E-state index contributed by atoms with van der Waals surface area (Å²) in [4.78, 5) is 0. The molecule has 0 N–H and O–H groups in total. The molecule has 0 aliphatic carbocycles. The topological polar surface area (TPSA) is 18.5 Å². The van der Waals surface area contributed by atoms with Crippen molar-refractivity contribution in [2.75, 3.05) is 13.2 Å². The Balaban J connectivity index is 2.01. The van der Waals surface area contributed by atoms with Crippen LogP contribution in [0.3, 0.4) is 0 Å². The van der Waals surface area contributed by atoms with Crippen LogP contribution in [0.5, 0.6) is 11.5 Å². The Morgan fingerprint density at radius 3 is 0.830 bits per heavy atom. The van der Waals surface area contributed by atoms with Crippen LogP contribution in [0.15, 0.2) is 18.2 Å². The molecule has 47 heavy (non-hydrogen) atoms. The summed E-state index contributed by atoms with van der Waals surface area (Å²) in [5.41, 5.74) is 1.28. The van der Waals surface area contributed by atoms with Crippen molar-refractivity contribution >= 4 is 0 Å². The van der Waals surface area contributed by atoms with Gasteiger partial charge >= 0.3 is 0 Å². The Morgan fingerprint density at radius 2 is 0.574 bits per heavy atom. The summed E-state index contributed by atoms with van der Waals surface area (Å²) in [5, 5.41) is 0. The molecule has 1 aromatic rings. The highest BCUT2D eigenvalue weighted by atomic mass is 16.5. The molecule has 0 aliphatic heterocycles. The second-order valence-electron chi connectivity index (χ2n) is 14.8. The van der Waals surface area contributed by atoms with E-state index in [2.05, 4.69) is 39.0 Å². The standard InChI is InChI=1S/C45H84O2/c1-4-7-9-11-13-15-17-19-21-23-25-27-29-31-33-35-41-46-44-39-37-40-45(43(44)38-6-3)47-42-36-34-32-30-28-26-24-22-20-18-16-14-12-10-8-5-2/h37,39-40H,4-36,38,41-42H2,1-3H3. The molecular formula is C45H84O2. The molecule has 0 amide bonds. The zero-order valence-corrected chi connectivity index (χ0v) is 32.5. The maximum atomic E-state index is 6.31. The summed E-state index contributed by atoms with van der Waals surface area (Å²) in [6.45, 7) is 8.52. The molecule has 0 atom stereocenters. The van der Waals surface area contributed by atoms with Crippen molar-refractivity contribution < 1.29 is 9.47 Å². The Bertz CT molecular complexity index is 687. The average molecular weight is 657 g/mol. The monoisotopic (exact) mass is 657 g/mol. The van der Waals surface area contributed by atoms with E-state index in [9.17, 15) is 0 Å². The van der Waals surface area contributed by atoms with E-state index in [0.717, 1.165) is 50.4 Å². The van der Waals surface area contributed by atoms with Gasteiger partial charge in [0.1, 0.15) is 11.5 Å². The van der Waals surface area contributed by atoms with Gasteiger partial charge in [0, 0.05) is 5.56 Å². The first kappa shape index (κ1) is 43.8. The maximum absolute atomic E-state index is 6.31. The molecule has 0 spiro atoms. The van der Waals surface area contributed by atoms with Gasteiger partial charge in [0.2, 0.25) is 0 Å². The molecule has 0 bridgehead atoms. The molecule has 0 saturated heterocycles. The van der Waals surface area contributed by atoms with Crippen molar-refractivity contribution in [3.05, 3.63) is 23.8 Å². The largest absolute Gasteiger partial charge is 0.493 e. The van der Waals surface area contributed by atoms with Crippen LogP contribution in [0.1, 0.15) is 238 Å². The fraction of sp³-hybridized carbons (Fsp3) is 0.867. The molecule has 0 aromatic heterocycles. The van der Waals surface area contributed by atoms with Gasteiger partial charge in [0.15, 0.2) is 0 Å². The first-order valence-corrected chi connectivity index (χ1v) is 21.7. The van der Waals surface area contributed by atoms with E-state index in [1.807, 2.05) is 0 Å². The Morgan fingerprint density at radius 1 is 0.319 bits per heavy atom. The highest BCUT2D eigenvalue weighted by Gasteiger charge is 2.10. The molecule has 0 fully saturated rings. The molecular weight excluding hydrogens is 572 g/mol. The number of rotatable bonds is 38. The van der Waals surface area contributed by atoms with E-state index in [4.69, 9.17) is 9.47 Å². The van der Waals surface area contributed by atoms with Gasteiger partial charge in [0.05, 0.1) is 13.2 Å².